The molecule has 1 unspecified atom stereocenters. The van der Waals surface area contributed by atoms with Crippen LogP contribution in [0.15, 0.2) is 24.3 Å². The summed E-state index contributed by atoms with van der Waals surface area (Å²) in [5.74, 6) is 0. The topological polar surface area (TPSA) is 21.3 Å². The van der Waals surface area contributed by atoms with Crippen molar-refractivity contribution in [2.75, 3.05) is 20.3 Å². The number of hydrogen-bond acceptors (Lipinski definition) is 2. The van der Waals surface area contributed by atoms with Gasteiger partial charge in [0.05, 0.1) is 12.2 Å². The Morgan fingerprint density at radius 1 is 1.22 bits per heavy atom. The van der Waals surface area contributed by atoms with Gasteiger partial charge in [0.2, 0.25) is 0 Å². The summed E-state index contributed by atoms with van der Waals surface area (Å²) in [7, 11) is 1.61. The Morgan fingerprint density at radius 3 is 2.28 bits per heavy atom. The first kappa shape index (κ1) is 15.0. The molecule has 1 rings (SSSR count). The summed E-state index contributed by atoms with van der Waals surface area (Å²) in [6.45, 7) is 3.32. The molecule has 0 spiro atoms. The van der Waals surface area contributed by atoms with Crippen molar-refractivity contribution in [3.8, 4) is 0 Å². The fourth-order valence-corrected chi connectivity index (χ4v) is 1.79. The molecule has 1 atom stereocenters. The molecule has 0 saturated heterocycles. The lowest BCUT2D eigenvalue weighted by molar-refractivity contribution is -0.137. The lowest BCUT2D eigenvalue weighted by Crippen LogP contribution is -2.34. The zero-order valence-electron chi connectivity index (χ0n) is 10.6. The number of hydrogen-bond donors (Lipinski definition) is 1. The van der Waals surface area contributed by atoms with E-state index in [2.05, 4.69) is 5.32 Å². The quantitative estimate of drug-likeness (QED) is 0.850. The van der Waals surface area contributed by atoms with Gasteiger partial charge >= 0.3 is 6.18 Å². The van der Waals surface area contributed by atoms with Crippen LogP contribution in [0.25, 0.3) is 0 Å². The van der Waals surface area contributed by atoms with E-state index in [4.69, 9.17) is 4.74 Å². The summed E-state index contributed by atoms with van der Waals surface area (Å²) < 4.78 is 42.2. The minimum atomic E-state index is -4.27. The third kappa shape index (κ3) is 4.66. The van der Waals surface area contributed by atoms with Crippen LogP contribution in [0.4, 0.5) is 13.2 Å². The predicted octanol–water partition coefficient (Wildman–Crippen LogP) is 2.87. The van der Waals surface area contributed by atoms with Crippen LogP contribution < -0.4 is 5.32 Å². The molecule has 5 heteroatoms. The molecule has 0 aliphatic rings. The third-order valence-corrected chi connectivity index (χ3v) is 2.62. The van der Waals surface area contributed by atoms with Crippen molar-refractivity contribution in [2.24, 2.45) is 0 Å². The van der Waals surface area contributed by atoms with E-state index in [-0.39, 0.29) is 6.04 Å². The Labute approximate surface area is 105 Å². The average Bonchev–Trinajstić information content (AvgIpc) is 2.29. The minimum Gasteiger partial charge on any atom is -0.383 e. The molecular weight excluding hydrogens is 243 g/mol. The first-order valence-electron chi connectivity index (χ1n) is 5.85. The number of halogens is 3. The number of nitrogens with one attached hydrogen (secondary N) is 1. The van der Waals surface area contributed by atoms with Crippen LogP contribution in [0.1, 0.15) is 18.1 Å². The summed E-state index contributed by atoms with van der Waals surface area (Å²) in [6, 6.07) is 5.39. The maximum Gasteiger partial charge on any atom is 0.416 e. The highest BCUT2D eigenvalue weighted by Crippen LogP contribution is 2.29. The Morgan fingerprint density at radius 2 is 1.83 bits per heavy atom. The molecule has 0 amide bonds. The SMILES string of the molecule is CCNC(COC)Cc1ccc(C(F)(F)F)cc1. The van der Waals surface area contributed by atoms with E-state index in [1.165, 1.54) is 12.1 Å². The molecule has 0 heterocycles. The molecule has 0 fully saturated rings. The van der Waals surface area contributed by atoms with Crippen molar-refractivity contribution in [2.45, 2.75) is 25.6 Å². The summed E-state index contributed by atoms with van der Waals surface area (Å²) in [5.41, 5.74) is 0.254. The number of likely N-dealkylation sites (N-methyl/N-ethyl adjacent to an activating group) is 1. The minimum absolute atomic E-state index is 0.122. The van der Waals surface area contributed by atoms with E-state index in [1.54, 1.807) is 7.11 Å². The van der Waals surface area contributed by atoms with Gasteiger partial charge in [-0.05, 0) is 30.7 Å². The Kier molecular flexibility index (Phi) is 5.62. The van der Waals surface area contributed by atoms with Gasteiger partial charge in [-0.3, -0.25) is 0 Å². The second kappa shape index (κ2) is 6.75. The standard InChI is InChI=1S/C13H18F3NO/c1-3-17-12(9-18-2)8-10-4-6-11(7-5-10)13(14,15)16/h4-7,12,17H,3,8-9H2,1-2H3. The Bertz CT molecular complexity index is 342. The van der Waals surface area contributed by atoms with Crippen LogP contribution in [-0.2, 0) is 17.3 Å². The third-order valence-electron chi connectivity index (χ3n) is 2.62. The zero-order chi connectivity index (χ0) is 13.6. The molecule has 1 aromatic rings. The molecule has 1 N–H and O–H groups in total. The second-order valence-electron chi connectivity index (χ2n) is 4.11. The molecule has 0 aromatic heterocycles. The average molecular weight is 261 g/mol. The first-order valence-corrected chi connectivity index (χ1v) is 5.85. The maximum atomic E-state index is 12.4. The maximum absolute atomic E-state index is 12.4. The van der Waals surface area contributed by atoms with Crippen LogP contribution in [0.2, 0.25) is 0 Å². The van der Waals surface area contributed by atoms with Crippen LogP contribution in [0.3, 0.4) is 0 Å². The fourth-order valence-electron chi connectivity index (χ4n) is 1.79. The van der Waals surface area contributed by atoms with Crippen LogP contribution >= 0.6 is 0 Å². The van der Waals surface area contributed by atoms with Gasteiger partial charge in [0.1, 0.15) is 0 Å². The highest BCUT2D eigenvalue weighted by molar-refractivity contribution is 5.25. The molecule has 2 nitrogen and oxygen atoms in total. The van der Waals surface area contributed by atoms with Crippen molar-refractivity contribution in [1.29, 1.82) is 0 Å². The van der Waals surface area contributed by atoms with E-state index < -0.39 is 11.7 Å². The van der Waals surface area contributed by atoms with Crippen molar-refractivity contribution < 1.29 is 17.9 Å². The number of ether oxygens (including phenoxy) is 1. The number of methoxy groups -OCH3 is 1. The molecule has 1 aromatic carbocycles. The lowest BCUT2D eigenvalue weighted by atomic mass is 10.0. The molecule has 18 heavy (non-hydrogen) atoms. The highest BCUT2D eigenvalue weighted by Gasteiger charge is 2.29. The van der Waals surface area contributed by atoms with Gasteiger partial charge in [-0.1, -0.05) is 19.1 Å². The van der Waals surface area contributed by atoms with Gasteiger partial charge in [-0.2, -0.15) is 13.2 Å². The summed E-state index contributed by atoms with van der Waals surface area (Å²) in [4.78, 5) is 0. The molecule has 0 saturated carbocycles. The van der Waals surface area contributed by atoms with Gasteiger partial charge in [0.15, 0.2) is 0 Å². The number of alkyl halides is 3. The van der Waals surface area contributed by atoms with E-state index in [1.807, 2.05) is 6.92 Å². The summed E-state index contributed by atoms with van der Waals surface area (Å²) >= 11 is 0. The zero-order valence-corrected chi connectivity index (χ0v) is 10.6. The monoisotopic (exact) mass is 261 g/mol. The van der Waals surface area contributed by atoms with E-state index >= 15 is 0 Å². The van der Waals surface area contributed by atoms with Gasteiger partial charge in [-0.25, -0.2) is 0 Å². The van der Waals surface area contributed by atoms with E-state index in [9.17, 15) is 13.2 Å². The molecule has 102 valence electrons. The molecular formula is C13H18F3NO. The normalized spacial score (nSPS) is 13.6. The van der Waals surface area contributed by atoms with Gasteiger partial charge in [0, 0.05) is 13.2 Å². The highest BCUT2D eigenvalue weighted by atomic mass is 19.4. The second-order valence-corrected chi connectivity index (χ2v) is 4.11. The lowest BCUT2D eigenvalue weighted by Gasteiger charge is -2.17. The number of rotatable bonds is 6. The molecule has 0 aliphatic carbocycles. The Balaban J connectivity index is 2.67. The van der Waals surface area contributed by atoms with Crippen LogP contribution in [-0.4, -0.2) is 26.3 Å². The largest absolute Gasteiger partial charge is 0.416 e. The molecule has 0 radical (unpaired) electrons. The fraction of sp³-hybridized carbons (Fsp3) is 0.538. The van der Waals surface area contributed by atoms with Crippen molar-refractivity contribution in [1.82, 2.24) is 5.32 Å². The van der Waals surface area contributed by atoms with Crippen molar-refractivity contribution >= 4 is 0 Å². The molecule has 0 aliphatic heterocycles. The summed E-state index contributed by atoms with van der Waals surface area (Å²) in [6.07, 6.45) is -3.62. The van der Waals surface area contributed by atoms with Crippen molar-refractivity contribution in [3.63, 3.8) is 0 Å². The van der Waals surface area contributed by atoms with E-state index in [0.29, 0.717) is 13.0 Å². The van der Waals surface area contributed by atoms with Gasteiger partial charge in [0.25, 0.3) is 0 Å². The number of benzene rings is 1. The first-order chi connectivity index (χ1) is 8.47. The van der Waals surface area contributed by atoms with Crippen LogP contribution in [0.5, 0.6) is 0 Å². The van der Waals surface area contributed by atoms with Gasteiger partial charge in [-0.15, -0.1) is 0 Å². The van der Waals surface area contributed by atoms with Crippen LogP contribution in [0, 0.1) is 0 Å². The molecule has 0 bridgehead atoms. The van der Waals surface area contributed by atoms with E-state index in [0.717, 1.165) is 24.2 Å². The van der Waals surface area contributed by atoms with Crippen molar-refractivity contribution in [3.05, 3.63) is 35.4 Å². The van der Waals surface area contributed by atoms with Gasteiger partial charge < -0.3 is 10.1 Å². The Hall–Kier alpha value is -1.07. The summed E-state index contributed by atoms with van der Waals surface area (Å²) in [5, 5.41) is 3.23. The smallest absolute Gasteiger partial charge is 0.383 e. The predicted molar refractivity (Wildman–Crippen MR) is 64.5 cm³/mol.